The average Bonchev–Trinajstić information content (AvgIpc) is 1.90. The lowest BCUT2D eigenvalue weighted by Gasteiger charge is -1.81. The molecule has 0 amide bonds. The van der Waals surface area contributed by atoms with E-state index in [9.17, 15) is 3.89 Å². The average molecular weight is 164 g/mol. The number of rotatable bonds is 1. The first-order valence-corrected chi connectivity index (χ1v) is 4.37. The Kier molecular flexibility index (Phi) is 2.37. The molecule has 48 valence electrons. The maximum Gasteiger partial charge on any atom is 0.358 e. The smallest absolute Gasteiger partial charge is 0.0619 e. The minimum Gasteiger partial charge on any atom is -0.0619 e. The summed E-state index contributed by atoms with van der Waals surface area (Å²) in [6.07, 6.45) is 0. The maximum atomic E-state index is 12.2. The molecule has 0 spiro atoms. The Labute approximate surface area is 60.8 Å². The third-order valence-corrected chi connectivity index (χ3v) is 2.08. The molecule has 0 aliphatic carbocycles. The number of halogens is 2. The Morgan fingerprint density at radius 1 is 1.22 bits per heavy atom. The summed E-state index contributed by atoms with van der Waals surface area (Å²) in [6, 6.07) is 8.67. The van der Waals surface area contributed by atoms with Gasteiger partial charge in [-0.2, -0.15) is 0 Å². The van der Waals surface area contributed by atoms with E-state index in [4.69, 9.17) is 10.7 Å². The largest absolute Gasteiger partial charge is 0.358 e. The van der Waals surface area contributed by atoms with Crippen LogP contribution in [-0.2, 0) is 10.5 Å². The molecule has 0 radical (unpaired) electrons. The quantitative estimate of drug-likeness (QED) is 0.559. The second-order valence-corrected chi connectivity index (χ2v) is 3.24. The van der Waals surface area contributed by atoms with Gasteiger partial charge in [0.05, 0.1) is 0 Å². The van der Waals surface area contributed by atoms with Crippen LogP contribution in [-0.4, -0.2) is 0 Å². The van der Waals surface area contributed by atoms with Crippen molar-refractivity contribution in [3.63, 3.8) is 0 Å². The summed E-state index contributed by atoms with van der Waals surface area (Å²) in [5, 5.41) is 0. The van der Waals surface area contributed by atoms with Crippen molar-refractivity contribution in [1.29, 1.82) is 0 Å². The van der Waals surface area contributed by atoms with Gasteiger partial charge >= 0.3 is 10.5 Å². The molecule has 0 heterocycles. The van der Waals surface area contributed by atoms with Crippen LogP contribution in [0.4, 0.5) is 3.89 Å². The summed E-state index contributed by atoms with van der Waals surface area (Å²) in [4.78, 5) is 0.541. The molecule has 0 aliphatic rings. The summed E-state index contributed by atoms with van der Waals surface area (Å²) in [5.74, 6) is 0. The molecule has 1 aromatic rings. The summed E-state index contributed by atoms with van der Waals surface area (Å²) in [5.41, 5.74) is 0. The molecule has 1 atom stereocenters. The maximum absolute atomic E-state index is 12.2. The molecule has 0 aliphatic heterocycles. The van der Waals surface area contributed by atoms with Crippen LogP contribution < -0.4 is 0 Å². The number of hydrogen-bond acceptors (Lipinski definition) is 0. The highest BCUT2D eigenvalue weighted by atomic mass is 35.7. The van der Waals surface area contributed by atoms with Gasteiger partial charge in [-0.1, -0.05) is 18.2 Å². The Bertz CT molecular complexity index is 176. The fourth-order valence-corrected chi connectivity index (χ4v) is 1.19. The van der Waals surface area contributed by atoms with Crippen molar-refractivity contribution in [3.8, 4) is 0 Å². The van der Waals surface area contributed by atoms with E-state index in [1.807, 2.05) is 6.07 Å². The van der Waals surface area contributed by atoms with E-state index in [0.29, 0.717) is 4.90 Å². The molecule has 0 nitrogen and oxygen atoms in total. The fourth-order valence-electron chi connectivity index (χ4n) is 0.523. The van der Waals surface area contributed by atoms with Crippen LogP contribution in [0, 0.1) is 0 Å². The highest BCUT2D eigenvalue weighted by Gasteiger charge is 2.18. The van der Waals surface area contributed by atoms with E-state index >= 15 is 0 Å². The van der Waals surface area contributed by atoms with Gasteiger partial charge in [-0.25, -0.2) is 0 Å². The zero-order chi connectivity index (χ0) is 6.69. The molecular weight excluding hydrogens is 159 g/mol. The highest BCUT2D eigenvalue weighted by molar-refractivity contribution is 8.14. The van der Waals surface area contributed by atoms with Gasteiger partial charge in [0, 0.05) is 3.89 Å². The molecular formula is C6H5ClFS+. The number of benzene rings is 1. The van der Waals surface area contributed by atoms with E-state index in [1.165, 1.54) is 0 Å². The minimum absolute atomic E-state index is 0.541. The zero-order valence-corrected chi connectivity index (χ0v) is 6.12. The van der Waals surface area contributed by atoms with E-state index in [0.717, 1.165) is 0 Å². The van der Waals surface area contributed by atoms with Gasteiger partial charge in [0.1, 0.15) is 0 Å². The minimum atomic E-state index is -1.61. The second-order valence-electron chi connectivity index (χ2n) is 1.53. The first-order chi connectivity index (χ1) is 4.30. The predicted octanol–water partition coefficient (Wildman–Crippen LogP) is 2.70. The van der Waals surface area contributed by atoms with Crippen molar-refractivity contribution in [2.24, 2.45) is 0 Å². The Morgan fingerprint density at radius 3 is 2.11 bits per heavy atom. The van der Waals surface area contributed by atoms with Crippen molar-refractivity contribution in [2.75, 3.05) is 0 Å². The van der Waals surface area contributed by atoms with Gasteiger partial charge in [0.2, 0.25) is 15.6 Å². The van der Waals surface area contributed by atoms with Gasteiger partial charge < -0.3 is 0 Å². The van der Waals surface area contributed by atoms with Gasteiger partial charge in [-0.15, -0.1) is 0 Å². The Balaban J connectivity index is 2.85. The van der Waals surface area contributed by atoms with Gasteiger partial charge in [-0.3, -0.25) is 0 Å². The molecule has 1 rings (SSSR count). The third kappa shape index (κ3) is 1.88. The van der Waals surface area contributed by atoms with E-state index in [-0.39, 0.29) is 0 Å². The van der Waals surface area contributed by atoms with Gasteiger partial charge in [0.25, 0.3) is 0 Å². The molecule has 0 bridgehead atoms. The standard InChI is InChI=1S/C6H5ClFS/c7-9(8)6-4-2-1-3-5-6/h1-5H/q+1. The molecule has 0 N–H and O–H groups in total. The van der Waals surface area contributed by atoms with E-state index < -0.39 is 10.5 Å². The van der Waals surface area contributed by atoms with Crippen molar-refractivity contribution in [3.05, 3.63) is 30.3 Å². The van der Waals surface area contributed by atoms with Crippen LogP contribution in [0.1, 0.15) is 0 Å². The molecule has 1 unspecified atom stereocenters. The second kappa shape index (κ2) is 3.08. The third-order valence-electron chi connectivity index (χ3n) is 0.921. The Hall–Kier alpha value is -0.210. The van der Waals surface area contributed by atoms with E-state index in [1.54, 1.807) is 24.3 Å². The molecule has 0 saturated carbocycles. The van der Waals surface area contributed by atoms with Crippen LogP contribution in [0.15, 0.2) is 35.2 Å². The molecule has 9 heavy (non-hydrogen) atoms. The highest BCUT2D eigenvalue weighted by Crippen LogP contribution is 2.17. The van der Waals surface area contributed by atoms with Gasteiger partial charge in [0.15, 0.2) is 0 Å². The molecule has 1 aromatic carbocycles. The van der Waals surface area contributed by atoms with Gasteiger partial charge in [-0.05, 0) is 12.1 Å². The molecule has 0 aromatic heterocycles. The van der Waals surface area contributed by atoms with Crippen LogP contribution >= 0.6 is 10.7 Å². The topological polar surface area (TPSA) is 0 Å². The van der Waals surface area contributed by atoms with Crippen molar-refractivity contribution >= 4 is 21.2 Å². The Morgan fingerprint density at radius 2 is 1.78 bits per heavy atom. The lowest BCUT2D eigenvalue weighted by atomic mass is 10.4. The number of hydrogen-bond donors (Lipinski definition) is 0. The molecule has 0 saturated heterocycles. The first-order valence-electron chi connectivity index (χ1n) is 2.42. The van der Waals surface area contributed by atoms with Crippen molar-refractivity contribution < 1.29 is 3.89 Å². The summed E-state index contributed by atoms with van der Waals surface area (Å²) < 4.78 is 12.2. The molecule has 0 fully saturated rings. The predicted molar refractivity (Wildman–Crippen MR) is 39.0 cm³/mol. The summed E-state index contributed by atoms with van der Waals surface area (Å²) in [6.45, 7) is 0. The summed E-state index contributed by atoms with van der Waals surface area (Å²) in [7, 11) is 3.56. The zero-order valence-electron chi connectivity index (χ0n) is 4.55. The first kappa shape index (κ1) is 6.90. The SMILES string of the molecule is F[S+](Cl)c1ccccc1. The van der Waals surface area contributed by atoms with Crippen LogP contribution in [0.5, 0.6) is 0 Å². The van der Waals surface area contributed by atoms with Crippen molar-refractivity contribution in [2.45, 2.75) is 4.90 Å². The van der Waals surface area contributed by atoms with Crippen LogP contribution in [0.3, 0.4) is 0 Å². The monoisotopic (exact) mass is 163 g/mol. The molecule has 3 heteroatoms. The normalized spacial score (nSPS) is 13.1. The summed E-state index contributed by atoms with van der Waals surface area (Å²) >= 11 is 0. The fraction of sp³-hybridized carbons (Fsp3) is 0. The lowest BCUT2D eigenvalue weighted by Crippen LogP contribution is -1.80. The van der Waals surface area contributed by atoms with Crippen LogP contribution in [0.2, 0.25) is 0 Å². The van der Waals surface area contributed by atoms with Crippen molar-refractivity contribution in [1.82, 2.24) is 0 Å². The van der Waals surface area contributed by atoms with E-state index in [2.05, 4.69) is 0 Å². The lowest BCUT2D eigenvalue weighted by molar-refractivity contribution is 0.921. The van der Waals surface area contributed by atoms with Crippen LogP contribution in [0.25, 0.3) is 0 Å².